The molecule has 0 unspecified atom stereocenters. The smallest absolute Gasteiger partial charge is 0.0541 e. The Morgan fingerprint density at radius 3 is 1.84 bits per heavy atom. The highest BCUT2D eigenvalue weighted by Gasteiger charge is 2.19. The molecule has 0 saturated heterocycles. The van der Waals surface area contributed by atoms with Crippen molar-refractivity contribution >= 4 is 81.1 Å². The molecule has 2 aromatic heterocycles. The molecule has 0 saturated carbocycles. The van der Waals surface area contributed by atoms with Gasteiger partial charge < -0.3 is 9.47 Å². The Labute approximate surface area is 323 Å². The van der Waals surface area contributed by atoms with Crippen molar-refractivity contribution in [3.05, 3.63) is 206 Å². The number of aromatic nitrogens is 1. The molecular weight excluding hydrogens is 685 g/mol. The van der Waals surface area contributed by atoms with Crippen LogP contribution in [0.15, 0.2) is 206 Å². The maximum absolute atomic E-state index is 2.46. The van der Waals surface area contributed by atoms with Crippen LogP contribution < -0.4 is 4.90 Å². The number of benzene rings is 9. The summed E-state index contributed by atoms with van der Waals surface area (Å²) < 4.78 is 5.06. The standard InChI is InChI=1S/C52H34N2S/c1-3-13-35(14-4-1)39-26-30-50-47(32-39)44-19-9-11-21-49(44)54(50)43-33-46(52-48(34-43)45-20-10-12-22-51(45)55-52)37-24-27-41(28-25-37)53(40-17-5-2-6-18-40)42-29-23-36-15-7-8-16-38(36)31-42/h1-34H. The molecule has 0 spiro atoms. The Hall–Kier alpha value is -6.94. The Balaban J connectivity index is 1.10. The lowest BCUT2D eigenvalue weighted by Crippen LogP contribution is -2.09. The normalized spacial score (nSPS) is 11.6. The highest BCUT2D eigenvalue weighted by atomic mass is 32.1. The molecule has 0 aliphatic heterocycles. The average molecular weight is 719 g/mol. The number of hydrogen-bond acceptors (Lipinski definition) is 2. The first-order chi connectivity index (χ1) is 27.3. The predicted molar refractivity (Wildman–Crippen MR) is 237 cm³/mol. The Kier molecular flexibility index (Phi) is 7.39. The van der Waals surface area contributed by atoms with Crippen molar-refractivity contribution in [2.75, 3.05) is 4.90 Å². The zero-order chi connectivity index (χ0) is 36.3. The van der Waals surface area contributed by atoms with Gasteiger partial charge in [-0.3, -0.25) is 0 Å². The van der Waals surface area contributed by atoms with E-state index in [0.29, 0.717) is 0 Å². The Bertz CT molecular complexity index is 3190. The lowest BCUT2D eigenvalue weighted by atomic mass is 10.0. The van der Waals surface area contributed by atoms with Crippen LogP contribution in [0, 0.1) is 0 Å². The lowest BCUT2D eigenvalue weighted by Gasteiger charge is -2.26. The maximum atomic E-state index is 2.46. The van der Waals surface area contributed by atoms with Gasteiger partial charge in [-0.25, -0.2) is 0 Å². The van der Waals surface area contributed by atoms with Crippen molar-refractivity contribution in [3.63, 3.8) is 0 Å². The number of nitrogens with zero attached hydrogens (tertiary/aromatic N) is 2. The van der Waals surface area contributed by atoms with Gasteiger partial charge in [0.2, 0.25) is 0 Å². The minimum absolute atomic E-state index is 1.12. The van der Waals surface area contributed by atoms with Gasteiger partial charge in [0.1, 0.15) is 0 Å². The topological polar surface area (TPSA) is 8.17 Å². The number of thiophene rings is 1. The first-order valence-electron chi connectivity index (χ1n) is 18.8. The minimum atomic E-state index is 1.12. The van der Waals surface area contributed by atoms with Crippen LogP contribution in [0.1, 0.15) is 0 Å². The molecule has 11 rings (SSSR count). The summed E-state index contributed by atoms with van der Waals surface area (Å²) in [6.45, 7) is 0. The van der Waals surface area contributed by atoms with Gasteiger partial charge in [-0.2, -0.15) is 0 Å². The van der Waals surface area contributed by atoms with Crippen LogP contribution in [0.2, 0.25) is 0 Å². The number of anilines is 3. The van der Waals surface area contributed by atoms with Crippen LogP contribution in [-0.2, 0) is 0 Å². The van der Waals surface area contributed by atoms with E-state index in [-0.39, 0.29) is 0 Å². The fourth-order valence-electron chi connectivity index (χ4n) is 8.35. The summed E-state index contributed by atoms with van der Waals surface area (Å²) >= 11 is 1.88. The van der Waals surface area contributed by atoms with E-state index in [1.54, 1.807) is 0 Å². The predicted octanol–water partition coefficient (Wildman–Crippen LogP) is 15.1. The second-order valence-corrected chi connectivity index (χ2v) is 15.2. The molecule has 0 aliphatic rings. The summed E-state index contributed by atoms with van der Waals surface area (Å²) in [5.74, 6) is 0. The molecule has 55 heavy (non-hydrogen) atoms. The minimum Gasteiger partial charge on any atom is -0.310 e. The van der Waals surface area contributed by atoms with Gasteiger partial charge in [0.15, 0.2) is 0 Å². The molecule has 0 radical (unpaired) electrons. The van der Waals surface area contributed by atoms with Crippen molar-refractivity contribution in [1.29, 1.82) is 0 Å². The van der Waals surface area contributed by atoms with E-state index in [2.05, 4.69) is 216 Å². The van der Waals surface area contributed by atoms with E-state index in [1.165, 1.54) is 75.0 Å². The van der Waals surface area contributed by atoms with E-state index in [9.17, 15) is 0 Å². The Morgan fingerprint density at radius 1 is 0.364 bits per heavy atom. The lowest BCUT2D eigenvalue weighted by molar-refractivity contribution is 1.19. The molecule has 3 heteroatoms. The summed E-state index contributed by atoms with van der Waals surface area (Å²) in [7, 11) is 0. The molecule has 0 amide bonds. The van der Waals surface area contributed by atoms with Gasteiger partial charge >= 0.3 is 0 Å². The van der Waals surface area contributed by atoms with Gasteiger partial charge in [0.05, 0.1) is 11.0 Å². The maximum Gasteiger partial charge on any atom is 0.0541 e. The molecule has 2 heterocycles. The fourth-order valence-corrected chi connectivity index (χ4v) is 9.57. The molecule has 258 valence electrons. The van der Waals surface area contributed by atoms with E-state index < -0.39 is 0 Å². The van der Waals surface area contributed by atoms with Gasteiger partial charge in [-0.1, -0.05) is 133 Å². The van der Waals surface area contributed by atoms with Crippen LogP contribution >= 0.6 is 11.3 Å². The quantitative estimate of drug-likeness (QED) is 0.166. The highest BCUT2D eigenvalue weighted by Crippen LogP contribution is 2.44. The van der Waals surface area contributed by atoms with Crippen molar-refractivity contribution in [2.45, 2.75) is 0 Å². The van der Waals surface area contributed by atoms with Crippen molar-refractivity contribution in [1.82, 2.24) is 4.57 Å². The first kappa shape index (κ1) is 31.6. The molecule has 0 N–H and O–H groups in total. The second-order valence-electron chi connectivity index (χ2n) is 14.2. The summed E-state index contributed by atoms with van der Waals surface area (Å²) in [6.07, 6.45) is 0. The molecule has 0 bridgehead atoms. The SMILES string of the molecule is c1ccc(-c2ccc3c(c2)c2ccccc2n3-c2cc(-c3ccc(N(c4ccccc4)c4ccc5ccccc5c4)cc3)c3sc4ccccc4c3c2)cc1. The third-order valence-electron chi connectivity index (χ3n) is 10.9. The number of para-hydroxylation sites is 2. The van der Waals surface area contributed by atoms with Crippen LogP contribution in [0.25, 0.3) is 80.7 Å². The molecule has 0 atom stereocenters. The zero-order valence-electron chi connectivity index (χ0n) is 29.9. The number of hydrogen-bond donors (Lipinski definition) is 0. The largest absolute Gasteiger partial charge is 0.310 e. The molecule has 9 aromatic carbocycles. The summed E-state index contributed by atoms with van der Waals surface area (Å²) in [5, 5.41) is 7.55. The van der Waals surface area contributed by atoms with E-state index >= 15 is 0 Å². The number of rotatable bonds is 6. The zero-order valence-corrected chi connectivity index (χ0v) is 30.7. The van der Waals surface area contributed by atoms with Crippen molar-refractivity contribution < 1.29 is 0 Å². The summed E-state index contributed by atoms with van der Waals surface area (Å²) in [6, 6.07) is 75.2. The van der Waals surface area contributed by atoms with Gasteiger partial charge in [-0.15, -0.1) is 11.3 Å². The Morgan fingerprint density at radius 2 is 1.00 bits per heavy atom. The fraction of sp³-hybridized carbons (Fsp3) is 0. The van der Waals surface area contributed by atoms with Crippen LogP contribution in [0.5, 0.6) is 0 Å². The molecule has 0 aliphatic carbocycles. The van der Waals surface area contributed by atoms with Gasteiger partial charge in [-0.05, 0) is 100 Å². The molecule has 11 aromatic rings. The van der Waals surface area contributed by atoms with Gasteiger partial charge in [0.25, 0.3) is 0 Å². The van der Waals surface area contributed by atoms with E-state index in [4.69, 9.17) is 0 Å². The van der Waals surface area contributed by atoms with E-state index in [0.717, 1.165) is 22.7 Å². The molecular formula is C52H34N2S. The van der Waals surface area contributed by atoms with Crippen LogP contribution in [0.3, 0.4) is 0 Å². The first-order valence-corrected chi connectivity index (χ1v) is 19.6. The highest BCUT2D eigenvalue weighted by molar-refractivity contribution is 7.26. The second kappa shape index (κ2) is 12.9. The van der Waals surface area contributed by atoms with Crippen molar-refractivity contribution in [2.24, 2.45) is 0 Å². The summed E-state index contributed by atoms with van der Waals surface area (Å²) in [4.78, 5) is 2.35. The molecule has 0 fully saturated rings. The van der Waals surface area contributed by atoms with Gasteiger partial charge in [0, 0.05) is 59.3 Å². The molecule has 2 nitrogen and oxygen atoms in total. The average Bonchev–Trinajstić information content (AvgIpc) is 3.80. The third kappa shape index (κ3) is 5.32. The monoisotopic (exact) mass is 718 g/mol. The van der Waals surface area contributed by atoms with Crippen LogP contribution in [-0.4, -0.2) is 4.57 Å². The van der Waals surface area contributed by atoms with Crippen molar-refractivity contribution in [3.8, 4) is 27.9 Å². The van der Waals surface area contributed by atoms with Crippen LogP contribution in [0.4, 0.5) is 17.1 Å². The van der Waals surface area contributed by atoms with E-state index in [1.807, 2.05) is 11.3 Å². The summed E-state index contributed by atoms with van der Waals surface area (Å²) in [5.41, 5.74) is 11.8. The number of fused-ring (bicyclic) bond motifs is 7. The third-order valence-corrected chi connectivity index (χ3v) is 12.2.